The molecule has 1 aromatic carbocycles. The third-order valence-corrected chi connectivity index (χ3v) is 7.79. The number of hydrogen-bond acceptors (Lipinski definition) is 6. The van der Waals surface area contributed by atoms with E-state index in [1.165, 1.54) is 45.3 Å². The summed E-state index contributed by atoms with van der Waals surface area (Å²) in [6.45, 7) is 8.13. The maximum atomic E-state index is 12.9. The molecule has 0 spiro atoms. The molecule has 0 aromatic heterocycles. The molecule has 33 heavy (non-hydrogen) atoms. The van der Waals surface area contributed by atoms with Crippen molar-refractivity contribution in [2.45, 2.75) is 51.1 Å². The quantitative estimate of drug-likeness (QED) is 0.633. The summed E-state index contributed by atoms with van der Waals surface area (Å²) in [5.74, 6) is 0.183. The number of hydrogen-bond donors (Lipinski definition) is 2. The Morgan fingerprint density at radius 3 is 2.52 bits per heavy atom. The molecule has 3 amide bonds. The van der Waals surface area contributed by atoms with Gasteiger partial charge in [0.15, 0.2) is 0 Å². The summed E-state index contributed by atoms with van der Waals surface area (Å²) in [4.78, 5) is 43.2. The molecule has 0 bridgehead atoms. The van der Waals surface area contributed by atoms with Crippen LogP contribution in [0.4, 0.5) is 5.69 Å². The summed E-state index contributed by atoms with van der Waals surface area (Å²) in [7, 11) is 0. The zero-order valence-corrected chi connectivity index (χ0v) is 19.4. The molecule has 3 fully saturated rings. The number of carbonyl (C=O) groups excluding carboxylic acids is 3. The van der Waals surface area contributed by atoms with Gasteiger partial charge >= 0.3 is 0 Å². The highest BCUT2D eigenvalue weighted by molar-refractivity contribution is 6.05. The largest absolute Gasteiger partial charge is 0.369 e. The van der Waals surface area contributed by atoms with Crippen LogP contribution < -0.4 is 15.5 Å². The molecule has 0 radical (unpaired) electrons. The van der Waals surface area contributed by atoms with E-state index in [1.807, 2.05) is 12.1 Å². The van der Waals surface area contributed by atoms with E-state index in [9.17, 15) is 14.4 Å². The van der Waals surface area contributed by atoms with Crippen molar-refractivity contribution in [3.05, 3.63) is 29.3 Å². The third-order valence-electron chi connectivity index (χ3n) is 7.79. The maximum Gasteiger partial charge on any atom is 0.255 e. The van der Waals surface area contributed by atoms with Gasteiger partial charge < -0.3 is 15.1 Å². The topological polar surface area (TPSA) is 85.0 Å². The molecule has 1 aromatic rings. The minimum atomic E-state index is -0.556. The first-order valence-electron chi connectivity index (χ1n) is 12.5. The van der Waals surface area contributed by atoms with Crippen LogP contribution >= 0.6 is 0 Å². The van der Waals surface area contributed by atoms with Gasteiger partial charge in [-0.1, -0.05) is 0 Å². The van der Waals surface area contributed by atoms with Crippen LogP contribution in [-0.2, 0) is 16.1 Å². The number of benzene rings is 1. The van der Waals surface area contributed by atoms with Crippen LogP contribution in [-0.4, -0.2) is 79.4 Å². The van der Waals surface area contributed by atoms with Crippen molar-refractivity contribution in [2.24, 2.45) is 5.92 Å². The summed E-state index contributed by atoms with van der Waals surface area (Å²) < 4.78 is 0. The van der Waals surface area contributed by atoms with Crippen LogP contribution in [0, 0.1) is 5.92 Å². The average molecular weight is 454 g/mol. The van der Waals surface area contributed by atoms with Crippen molar-refractivity contribution in [1.82, 2.24) is 20.4 Å². The Bertz CT molecular complexity index is 905. The average Bonchev–Trinajstić information content (AvgIpc) is 3.16. The summed E-state index contributed by atoms with van der Waals surface area (Å²) in [6, 6.07) is 5.51. The van der Waals surface area contributed by atoms with Gasteiger partial charge in [0.2, 0.25) is 11.8 Å². The molecule has 1 atom stereocenters. The smallest absolute Gasteiger partial charge is 0.255 e. The Morgan fingerprint density at radius 2 is 1.76 bits per heavy atom. The molecule has 2 N–H and O–H groups in total. The highest BCUT2D eigenvalue weighted by Gasteiger charge is 2.39. The normalized spacial score (nSPS) is 24.8. The van der Waals surface area contributed by atoms with Crippen molar-refractivity contribution in [1.29, 1.82) is 0 Å². The fourth-order valence-electron chi connectivity index (χ4n) is 5.76. The number of piperidine rings is 2. The summed E-state index contributed by atoms with van der Waals surface area (Å²) in [6.07, 6.45) is 5.98. The van der Waals surface area contributed by atoms with Crippen LogP contribution in [0.2, 0.25) is 0 Å². The van der Waals surface area contributed by atoms with Crippen LogP contribution in [0.5, 0.6) is 0 Å². The van der Waals surface area contributed by atoms with E-state index < -0.39 is 6.04 Å². The maximum absolute atomic E-state index is 12.9. The van der Waals surface area contributed by atoms with Gasteiger partial charge in [0.25, 0.3) is 5.91 Å². The van der Waals surface area contributed by atoms with E-state index in [0.717, 1.165) is 43.3 Å². The molecule has 0 saturated carbocycles. The lowest BCUT2D eigenvalue weighted by molar-refractivity contribution is -0.136. The highest BCUT2D eigenvalue weighted by Crippen LogP contribution is 2.31. The molecule has 4 aliphatic heterocycles. The monoisotopic (exact) mass is 453 g/mol. The Balaban J connectivity index is 1.13. The lowest BCUT2D eigenvalue weighted by Crippen LogP contribution is -2.52. The molecule has 4 heterocycles. The Labute approximate surface area is 195 Å². The summed E-state index contributed by atoms with van der Waals surface area (Å²) in [5, 5.41) is 5.81. The summed E-state index contributed by atoms with van der Waals surface area (Å²) >= 11 is 0. The van der Waals surface area contributed by atoms with E-state index >= 15 is 0 Å². The molecule has 8 nitrogen and oxygen atoms in total. The summed E-state index contributed by atoms with van der Waals surface area (Å²) in [5.41, 5.74) is 2.81. The van der Waals surface area contributed by atoms with Crippen molar-refractivity contribution in [3.8, 4) is 0 Å². The Hall–Kier alpha value is -2.45. The molecule has 3 saturated heterocycles. The van der Waals surface area contributed by atoms with Crippen LogP contribution in [0.15, 0.2) is 18.2 Å². The second-order valence-electron chi connectivity index (χ2n) is 9.91. The molecular formula is C25H35N5O3. The van der Waals surface area contributed by atoms with Gasteiger partial charge in [0.05, 0.1) is 0 Å². The first-order chi connectivity index (χ1) is 16.1. The van der Waals surface area contributed by atoms with Gasteiger partial charge in [-0.15, -0.1) is 0 Å². The van der Waals surface area contributed by atoms with E-state index in [1.54, 1.807) is 4.90 Å². The van der Waals surface area contributed by atoms with Gasteiger partial charge in [0.1, 0.15) is 6.04 Å². The number of rotatable bonds is 6. The molecule has 0 aliphatic carbocycles. The molecule has 4 aliphatic rings. The first kappa shape index (κ1) is 22.3. The number of anilines is 1. The fraction of sp³-hybridized carbons (Fsp3) is 0.640. The lowest BCUT2D eigenvalue weighted by atomic mass is 9.93. The zero-order chi connectivity index (χ0) is 22.8. The van der Waals surface area contributed by atoms with Crippen LogP contribution in [0.25, 0.3) is 0 Å². The van der Waals surface area contributed by atoms with Gasteiger partial charge in [-0.3, -0.25) is 24.6 Å². The van der Waals surface area contributed by atoms with E-state index in [-0.39, 0.29) is 24.1 Å². The molecule has 1 unspecified atom stereocenters. The van der Waals surface area contributed by atoms with Crippen LogP contribution in [0.1, 0.15) is 54.4 Å². The van der Waals surface area contributed by atoms with Crippen molar-refractivity contribution in [2.75, 3.05) is 50.7 Å². The highest BCUT2D eigenvalue weighted by atomic mass is 16.2. The standard InChI is InChI=1S/C25H35N5O3/c31-23-6-5-22(24(32)27-23)30-17-19-16-20(3-4-21(19)25(30)33)29-14-12-28(13-15-29)11-1-2-18-7-9-26-10-8-18/h3-4,16,18,22,26H,1-2,5-15,17H2,(H,27,31,32). The molecule has 5 rings (SSSR count). The third kappa shape index (κ3) is 4.92. The Kier molecular flexibility index (Phi) is 6.64. The van der Waals surface area contributed by atoms with Crippen LogP contribution in [0.3, 0.4) is 0 Å². The molecule has 8 heteroatoms. The number of nitrogens with one attached hydrogen (secondary N) is 2. The second kappa shape index (κ2) is 9.81. The minimum Gasteiger partial charge on any atom is -0.369 e. The number of imide groups is 1. The van der Waals surface area contributed by atoms with Gasteiger partial charge in [0, 0.05) is 50.4 Å². The predicted octanol–water partition coefficient (Wildman–Crippen LogP) is 1.35. The predicted molar refractivity (Wildman–Crippen MR) is 126 cm³/mol. The van der Waals surface area contributed by atoms with Gasteiger partial charge in [-0.25, -0.2) is 0 Å². The minimum absolute atomic E-state index is 0.107. The first-order valence-corrected chi connectivity index (χ1v) is 12.5. The van der Waals surface area contributed by atoms with Gasteiger partial charge in [-0.2, -0.15) is 0 Å². The number of carbonyl (C=O) groups is 3. The zero-order valence-electron chi connectivity index (χ0n) is 19.4. The van der Waals surface area contributed by atoms with Crippen molar-refractivity contribution in [3.63, 3.8) is 0 Å². The van der Waals surface area contributed by atoms with Gasteiger partial charge in [-0.05, 0) is 81.4 Å². The van der Waals surface area contributed by atoms with Crippen molar-refractivity contribution >= 4 is 23.4 Å². The second-order valence-corrected chi connectivity index (χ2v) is 9.91. The SMILES string of the molecule is O=C1CCC(N2Cc3cc(N4CCN(CCCC5CCNCC5)CC4)ccc3C2=O)C(=O)N1. The molecule has 178 valence electrons. The number of amides is 3. The van der Waals surface area contributed by atoms with Crippen molar-refractivity contribution < 1.29 is 14.4 Å². The van der Waals surface area contributed by atoms with E-state index in [4.69, 9.17) is 0 Å². The fourth-order valence-corrected chi connectivity index (χ4v) is 5.76. The Morgan fingerprint density at radius 1 is 0.970 bits per heavy atom. The van der Waals surface area contributed by atoms with E-state index in [2.05, 4.69) is 26.5 Å². The lowest BCUT2D eigenvalue weighted by Gasteiger charge is -2.36. The number of piperazine rings is 1. The van der Waals surface area contributed by atoms with E-state index in [0.29, 0.717) is 18.5 Å². The number of fused-ring (bicyclic) bond motifs is 1. The number of nitrogens with zero attached hydrogens (tertiary/aromatic N) is 3. The molecular weight excluding hydrogens is 418 g/mol.